The zero-order chi connectivity index (χ0) is 14.5. The van der Waals surface area contributed by atoms with Crippen LogP contribution in [0.25, 0.3) is 0 Å². The van der Waals surface area contributed by atoms with Crippen LogP contribution in [0, 0.1) is 12.8 Å². The van der Waals surface area contributed by atoms with Gasteiger partial charge in [0.2, 0.25) is 0 Å². The number of amides is 1. The van der Waals surface area contributed by atoms with Gasteiger partial charge in [-0.2, -0.15) is 0 Å². The third-order valence-corrected chi connectivity index (χ3v) is 3.99. The van der Waals surface area contributed by atoms with Crippen molar-refractivity contribution in [1.82, 2.24) is 15.2 Å². The third kappa shape index (κ3) is 3.48. The zero-order valence-corrected chi connectivity index (χ0v) is 12.2. The number of carbonyl (C=O) groups is 1. The summed E-state index contributed by atoms with van der Waals surface area (Å²) < 4.78 is 0. The molecular weight excluding hydrogens is 254 g/mol. The average Bonchev–Trinajstić information content (AvgIpc) is 2.45. The molecule has 1 aliphatic heterocycles. The third-order valence-electron chi connectivity index (χ3n) is 3.99. The van der Waals surface area contributed by atoms with E-state index in [9.17, 15) is 9.59 Å². The Balaban J connectivity index is 1.96. The number of aryl methyl sites for hydroxylation is 1. The fraction of sp³-hybridized carbons (Fsp3) is 0.600. The molecule has 1 amide bonds. The molecule has 0 saturated carbocycles. The van der Waals surface area contributed by atoms with Gasteiger partial charge >= 0.3 is 0 Å². The second-order valence-electron chi connectivity index (χ2n) is 5.52. The summed E-state index contributed by atoms with van der Waals surface area (Å²) in [6.45, 7) is 4.33. The van der Waals surface area contributed by atoms with E-state index in [0.29, 0.717) is 5.92 Å². The minimum absolute atomic E-state index is 0.140. The van der Waals surface area contributed by atoms with Crippen molar-refractivity contribution in [1.29, 1.82) is 0 Å². The van der Waals surface area contributed by atoms with E-state index in [1.165, 1.54) is 12.3 Å². The van der Waals surface area contributed by atoms with Gasteiger partial charge in [0.05, 0.1) is 0 Å². The van der Waals surface area contributed by atoms with Gasteiger partial charge in [0, 0.05) is 31.0 Å². The number of H-pyrrole nitrogens is 1. The highest BCUT2D eigenvalue weighted by Gasteiger charge is 2.24. The van der Waals surface area contributed by atoms with Crippen molar-refractivity contribution in [2.24, 2.45) is 5.92 Å². The van der Waals surface area contributed by atoms with Crippen molar-refractivity contribution in [2.75, 3.05) is 26.7 Å². The molecule has 0 unspecified atom stereocenters. The Hall–Kier alpha value is -1.62. The number of likely N-dealkylation sites (tertiary alicyclic amines) is 1. The lowest BCUT2D eigenvalue weighted by molar-refractivity contribution is 0.0685. The molecule has 5 heteroatoms. The van der Waals surface area contributed by atoms with Crippen LogP contribution in [0.5, 0.6) is 0 Å². The minimum atomic E-state index is -0.191. The van der Waals surface area contributed by atoms with E-state index in [1.807, 2.05) is 14.0 Å². The van der Waals surface area contributed by atoms with Crippen molar-refractivity contribution >= 4 is 5.91 Å². The second kappa shape index (κ2) is 6.70. The van der Waals surface area contributed by atoms with Gasteiger partial charge in [-0.15, -0.1) is 0 Å². The summed E-state index contributed by atoms with van der Waals surface area (Å²) in [7, 11) is 1.96. The summed E-state index contributed by atoms with van der Waals surface area (Å²) in [5, 5.41) is 3.16. The van der Waals surface area contributed by atoms with E-state index < -0.39 is 0 Å². The van der Waals surface area contributed by atoms with Crippen LogP contribution in [0.15, 0.2) is 17.1 Å². The molecule has 0 radical (unpaired) electrons. The lowest BCUT2D eigenvalue weighted by atomic mass is 9.93. The zero-order valence-electron chi connectivity index (χ0n) is 12.2. The van der Waals surface area contributed by atoms with Crippen LogP contribution in [0.1, 0.15) is 35.3 Å². The lowest BCUT2D eigenvalue weighted by Crippen LogP contribution is -2.40. The standard InChI is InChI=1S/C15H23N3O2/c1-11-9-14(19)13(10-17-11)15(20)18-7-4-12(5-8-18)3-6-16-2/h9-10,12,16H,3-8H2,1-2H3,(H,17,19). The lowest BCUT2D eigenvalue weighted by Gasteiger charge is -2.32. The Bertz CT molecular complexity index is 516. The Morgan fingerprint density at radius 1 is 1.45 bits per heavy atom. The molecule has 20 heavy (non-hydrogen) atoms. The number of hydrogen-bond donors (Lipinski definition) is 2. The SMILES string of the molecule is CNCCC1CCN(C(=O)c2c[nH]c(C)cc2=O)CC1. The highest BCUT2D eigenvalue weighted by molar-refractivity contribution is 5.93. The molecule has 0 atom stereocenters. The molecule has 0 spiro atoms. The molecule has 0 aliphatic carbocycles. The number of nitrogens with zero attached hydrogens (tertiary/aromatic N) is 1. The van der Waals surface area contributed by atoms with E-state index in [-0.39, 0.29) is 16.9 Å². The second-order valence-corrected chi connectivity index (χ2v) is 5.52. The first kappa shape index (κ1) is 14.8. The van der Waals surface area contributed by atoms with E-state index in [0.717, 1.165) is 44.6 Å². The van der Waals surface area contributed by atoms with Crippen LogP contribution < -0.4 is 10.7 Å². The molecule has 1 aromatic heterocycles. The first-order valence-corrected chi connectivity index (χ1v) is 7.25. The number of aromatic nitrogens is 1. The number of hydrogen-bond acceptors (Lipinski definition) is 3. The molecule has 0 aromatic carbocycles. The van der Waals surface area contributed by atoms with Crippen molar-refractivity contribution < 1.29 is 4.79 Å². The smallest absolute Gasteiger partial charge is 0.259 e. The number of nitrogens with one attached hydrogen (secondary N) is 2. The maximum Gasteiger partial charge on any atom is 0.259 e. The number of carbonyl (C=O) groups excluding carboxylic acids is 1. The van der Waals surface area contributed by atoms with Gasteiger partial charge < -0.3 is 15.2 Å². The molecule has 1 fully saturated rings. The number of piperidine rings is 1. The highest BCUT2D eigenvalue weighted by atomic mass is 16.2. The molecule has 2 N–H and O–H groups in total. The summed E-state index contributed by atoms with van der Waals surface area (Å²) in [6.07, 6.45) is 4.74. The minimum Gasteiger partial charge on any atom is -0.364 e. The van der Waals surface area contributed by atoms with Crippen molar-refractivity contribution in [3.05, 3.63) is 33.7 Å². The number of pyridine rings is 1. The van der Waals surface area contributed by atoms with Gasteiger partial charge in [0.15, 0.2) is 5.43 Å². The Labute approximate surface area is 119 Å². The van der Waals surface area contributed by atoms with Crippen molar-refractivity contribution in [3.8, 4) is 0 Å². The average molecular weight is 277 g/mol. The molecule has 1 aliphatic rings. The van der Waals surface area contributed by atoms with Gasteiger partial charge in [-0.3, -0.25) is 9.59 Å². The summed E-state index contributed by atoms with van der Waals surface area (Å²) in [5.74, 6) is 0.543. The van der Waals surface area contributed by atoms with E-state index in [2.05, 4.69) is 10.3 Å². The van der Waals surface area contributed by atoms with Crippen LogP contribution in [-0.4, -0.2) is 42.5 Å². The maximum absolute atomic E-state index is 12.3. The highest BCUT2D eigenvalue weighted by Crippen LogP contribution is 2.20. The molecule has 0 bridgehead atoms. The Morgan fingerprint density at radius 2 is 2.15 bits per heavy atom. The maximum atomic E-state index is 12.3. The van der Waals surface area contributed by atoms with Crippen LogP contribution in [0.3, 0.4) is 0 Å². The summed E-state index contributed by atoms with van der Waals surface area (Å²) in [6, 6.07) is 1.48. The fourth-order valence-corrected chi connectivity index (χ4v) is 2.68. The number of rotatable bonds is 4. The van der Waals surface area contributed by atoms with Crippen molar-refractivity contribution in [3.63, 3.8) is 0 Å². The van der Waals surface area contributed by atoms with Gasteiger partial charge in [-0.25, -0.2) is 0 Å². The molecule has 1 saturated heterocycles. The quantitative estimate of drug-likeness (QED) is 0.867. The topological polar surface area (TPSA) is 65.2 Å². The summed E-state index contributed by atoms with van der Waals surface area (Å²) in [4.78, 5) is 28.9. The van der Waals surface area contributed by atoms with E-state index >= 15 is 0 Å². The fourth-order valence-electron chi connectivity index (χ4n) is 2.68. The molecule has 5 nitrogen and oxygen atoms in total. The summed E-state index contributed by atoms with van der Waals surface area (Å²) in [5.41, 5.74) is 0.838. The number of aromatic amines is 1. The predicted molar refractivity (Wildman–Crippen MR) is 79.0 cm³/mol. The largest absolute Gasteiger partial charge is 0.364 e. The van der Waals surface area contributed by atoms with Crippen LogP contribution in [0.2, 0.25) is 0 Å². The van der Waals surface area contributed by atoms with E-state index in [4.69, 9.17) is 0 Å². The predicted octanol–water partition coefficient (Wildman–Crippen LogP) is 1.15. The normalized spacial score (nSPS) is 16.4. The van der Waals surface area contributed by atoms with Gasteiger partial charge in [0.1, 0.15) is 5.56 Å². The van der Waals surface area contributed by atoms with Crippen molar-refractivity contribution in [2.45, 2.75) is 26.2 Å². The van der Waals surface area contributed by atoms with Crippen LogP contribution in [-0.2, 0) is 0 Å². The molecular formula is C15H23N3O2. The van der Waals surface area contributed by atoms with Gasteiger partial charge in [-0.05, 0) is 45.7 Å². The molecule has 1 aromatic rings. The molecule has 110 valence electrons. The molecule has 2 rings (SSSR count). The van der Waals surface area contributed by atoms with Crippen LogP contribution >= 0.6 is 0 Å². The van der Waals surface area contributed by atoms with Gasteiger partial charge in [0.25, 0.3) is 5.91 Å². The Kier molecular flexibility index (Phi) is 4.95. The molecule has 2 heterocycles. The van der Waals surface area contributed by atoms with E-state index in [1.54, 1.807) is 4.90 Å². The summed E-state index contributed by atoms with van der Waals surface area (Å²) >= 11 is 0. The Morgan fingerprint density at radius 3 is 2.75 bits per heavy atom. The van der Waals surface area contributed by atoms with Crippen LogP contribution in [0.4, 0.5) is 0 Å². The van der Waals surface area contributed by atoms with Gasteiger partial charge in [-0.1, -0.05) is 0 Å². The monoisotopic (exact) mass is 277 g/mol. The first-order valence-electron chi connectivity index (χ1n) is 7.25. The first-order chi connectivity index (χ1) is 9.61.